The van der Waals surface area contributed by atoms with Crippen molar-refractivity contribution in [3.63, 3.8) is 0 Å². The number of anilines is 1. The summed E-state index contributed by atoms with van der Waals surface area (Å²) in [5.41, 5.74) is 8.55. The number of aryl methyl sites for hydroxylation is 1. The molecule has 0 atom stereocenters. The van der Waals surface area contributed by atoms with Gasteiger partial charge in [0.15, 0.2) is 0 Å². The molecule has 6 heteroatoms. The Morgan fingerprint density at radius 2 is 2.30 bits per heavy atom. The summed E-state index contributed by atoms with van der Waals surface area (Å²) in [6, 6.07) is 5.79. The smallest absolute Gasteiger partial charge is 0.224 e. The van der Waals surface area contributed by atoms with Crippen LogP contribution in [0.2, 0.25) is 0 Å². The summed E-state index contributed by atoms with van der Waals surface area (Å²) in [4.78, 5) is 17.4. The molecule has 0 unspecified atom stereocenters. The van der Waals surface area contributed by atoms with Crippen LogP contribution in [0.25, 0.3) is 0 Å². The fourth-order valence-electron chi connectivity index (χ4n) is 2.46. The molecule has 1 aliphatic heterocycles. The molecule has 1 aromatic carbocycles. The van der Waals surface area contributed by atoms with Crippen molar-refractivity contribution in [2.45, 2.75) is 12.8 Å². The molecule has 0 aromatic heterocycles. The molecule has 1 aliphatic rings. The van der Waals surface area contributed by atoms with E-state index in [-0.39, 0.29) is 5.91 Å². The van der Waals surface area contributed by atoms with E-state index < -0.39 is 0 Å². The average molecular weight is 316 g/mol. The van der Waals surface area contributed by atoms with Crippen LogP contribution < -0.4 is 15.8 Å². The Hall–Kier alpha value is -2.34. The minimum absolute atomic E-state index is 0.0761. The van der Waals surface area contributed by atoms with Gasteiger partial charge < -0.3 is 15.8 Å². The fraction of sp³-hybridized carbons (Fsp3) is 0.412. The van der Waals surface area contributed by atoms with Crippen LogP contribution in [0, 0.1) is 0 Å². The Labute approximate surface area is 137 Å². The molecule has 0 aliphatic carbocycles. The number of nitrogens with zero attached hydrogens (tertiary/aromatic N) is 2. The Bertz CT molecular complexity index is 611. The molecule has 0 bridgehead atoms. The van der Waals surface area contributed by atoms with E-state index in [1.165, 1.54) is 0 Å². The first-order valence-corrected chi connectivity index (χ1v) is 7.69. The zero-order valence-electron chi connectivity index (χ0n) is 13.7. The third-order valence-corrected chi connectivity index (χ3v) is 3.68. The molecule has 1 amide bonds. The summed E-state index contributed by atoms with van der Waals surface area (Å²) in [6.07, 6.45) is 4.63. The predicted octanol–water partition coefficient (Wildman–Crippen LogP) is 1.43. The van der Waals surface area contributed by atoms with Crippen LogP contribution in [0.1, 0.15) is 12.0 Å². The zero-order valence-corrected chi connectivity index (χ0v) is 13.7. The second-order valence-electron chi connectivity index (χ2n) is 5.58. The van der Waals surface area contributed by atoms with Gasteiger partial charge in [0.25, 0.3) is 0 Å². The number of rotatable bonds is 7. The molecule has 6 nitrogen and oxygen atoms in total. The molecule has 0 radical (unpaired) electrons. The quantitative estimate of drug-likeness (QED) is 0.746. The number of hydrogen-bond donors (Lipinski definition) is 2. The highest BCUT2D eigenvalue weighted by molar-refractivity contribution is 5.94. The number of nitrogens with two attached hydrogens (primary N) is 1. The number of aliphatic imine (C=N–C) groups is 1. The summed E-state index contributed by atoms with van der Waals surface area (Å²) in [5, 5.41) is 2.87. The maximum Gasteiger partial charge on any atom is 0.224 e. The van der Waals surface area contributed by atoms with Crippen molar-refractivity contribution >= 4 is 17.8 Å². The van der Waals surface area contributed by atoms with Crippen molar-refractivity contribution in [1.82, 2.24) is 4.90 Å². The molecule has 1 aromatic rings. The van der Waals surface area contributed by atoms with Crippen LogP contribution in [-0.4, -0.2) is 50.8 Å². The number of nitrogens with one attached hydrogen (secondary N) is 1. The van der Waals surface area contributed by atoms with Crippen LogP contribution in [0.5, 0.6) is 5.75 Å². The third-order valence-electron chi connectivity index (χ3n) is 3.68. The highest BCUT2D eigenvalue weighted by Gasteiger charge is 2.15. The summed E-state index contributed by atoms with van der Waals surface area (Å²) in [5.74, 6) is 0.908. The van der Waals surface area contributed by atoms with Gasteiger partial charge in [-0.15, -0.1) is 0 Å². The minimum atomic E-state index is 0.0761. The van der Waals surface area contributed by atoms with Crippen LogP contribution in [-0.2, 0) is 11.2 Å². The number of likely N-dealkylation sites (N-methyl/N-ethyl adjacent to an activating group) is 1. The van der Waals surface area contributed by atoms with Gasteiger partial charge in [-0.05, 0) is 49.0 Å². The van der Waals surface area contributed by atoms with Gasteiger partial charge in [-0.1, -0.05) is 0 Å². The van der Waals surface area contributed by atoms with Crippen molar-refractivity contribution in [3.8, 4) is 5.75 Å². The largest absolute Gasteiger partial charge is 0.492 e. The monoisotopic (exact) mass is 316 g/mol. The Kier molecular flexibility index (Phi) is 6.17. The predicted molar refractivity (Wildman–Crippen MR) is 93.1 cm³/mol. The lowest BCUT2D eigenvalue weighted by Crippen LogP contribution is -2.27. The lowest BCUT2D eigenvalue weighted by Gasteiger charge is -2.19. The number of amides is 1. The molecule has 0 fully saturated rings. The van der Waals surface area contributed by atoms with Gasteiger partial charge in [0, 0.05) is 38.5 Å². The van der Waals surface area contributed by atoms with Gasteiger partial charge in [0.05, 0.1) is 0 Å². The molecule has 0 saturated carbocycles. The standard InChI is InChI=1S/C17H24N4O2/c1-19-11-13(10-18)12-21(2)7-8-23-15-4-5-16-14(9-15)3-6-17(22)20-16/h4-5,9-11H,3,6-8,12,18H2,1-2H3,(H,20,22). The van der Waals surface area contributed by atoms with E-state index in [1.807, 2.05) is 25.2 Å². The van der Waals surface area contributed by atoms with E-state index in [0.717, 1.165) is 42.1 Å². The van der Waals surface area contributed by atoms with Crippen molar-refractivity contribution in [2.75, 3.05) is 39.1 Å². The molecule has 0 spiro atoms. The maximum absolute atomic E-state index is 11.3. The zero-order chi connectivity index (χ0) is 16.7. The molecular formula is C17H24N4O2. The van der Waals surface area contributed by atoms with Crippen LogP contribution in [0.3, 0.4) is 0 Å². The summed E-state index contributed by atoms with van der Waals surface area (Å²) in [7, 11) is 3.74. The van der Waals surface area contributed by atoms with Crippen molar-refractivity contribution < 1.29 is 9.53 Å². The Morgan fingerprint density at radius 1 is 1.48 bits per heavy atom. The number of benzene rings is 1. The van der Waals surface area contributed by atoms with Gasteiger partial charge >= 0.3 is 0 Å². The van der Waals surface area contributed by atoms with E-state index >= 15 is 0 Å². The van der Waals surface area contributed by atoms with Crippen molar-refractivity contribution in [3.05, 3.63) is 35.5 Å². The summed E-state index contributed by atoms with van der Waals surface area (Å²) in [6.45, 7) is 2.10. The topological polar surface area (TPSA) is 79.9 Å². The van der Waals surface area contributed by atoms with Gasteiger partial charge in [0.2, 0.25) is 5.91 Å². The third kappa shape index (κ3) is 5.10. The van der Waals surface area contributed by atoms with E-state index in [2.05, 4.69) is 15.2 Å². The highest BCUT2D eigenvalue weighted by Crippen LogP contribution is 2.26. The van der Waals surface area contributed by atoms with Gasteiger partial charge in [-0.3, -0.25) is 14.7 Å². The number of carbonyl (C=O) groups is 1. The molecule has 1 heterocycles. The van der Waals surface area contributed by atoms with E-state index in [0.29, 0.717) is 13.0 Å². The van der Waals surface area contributed by atoms with Gasteiger partial charge in [-0.2, -0.15) is 0 Å². The number of hydrogen-bond acceptors (Lipinski definition) is 5. The van der Waals surface area contributed by atoms with Crippen LogP contribution >= 0.6 is 0 Å². The molecule has 3 N–H and O–H groups in total. The fourth-order valence-corrected chi connectivity index (χ4v) is 2.46. The van der Waals surface area contributed by atoms with Crippen molar-refractivity contribution in [1.29, 1.82) is 0 Å². The second-order valence-corrected chi connectivity index (χ2v) is 5.58. The first-order chi connectivity index (χ1) is 11.1. The molecule has 2 rings (SSSR count). The number of carbonyl (C=O) groups excluding carboxylic acids is 1. The second kappa shape index (κ2) is 8.33. The Morgan fingerprint density at radius 3 is 3.04 bits per heavy atom. The normalized spacial score (nSPS) is 14.9. The summed E-state index contributed by atoms with van der Waals surface area (Å²) < 4.78 is 5.81. The summed E-state index contributed by atoms with van der Waals surface area (Å²) >= 11 is 0. The number of fused-ring (bicyclic) bond motifs is 1. The van der Waals surface area contributed by atoms with Crippen LogP contribution in [0.15, 0.2) is 35.0 Å². The van der Waals surface area contributed by atoms with E-state index in [1.54, 1.807) is 19.5 Å². The SMILES string of the molecule is CN=CC(=CN)CN(C)CCOc1ccc2c(c1)CCC(=O)N2. The lowest BCUT2D eigenvalue weighted by atomic mass is 10.0. The first kappa shape index (κ1) is 17.0. The van der Waals surface area contributed by atoms with Crippen LogP contribution in [0.4, 0.5) is 5.69 Å². The highest BCUT2D eigenvalue weighted by atomic mass is 16.5. The van der Waals surface area contributed by atoms with Crippen molar-refractivity contribution in [2.24, 2.45) is 10.7 Å². The van der Waals surface area contributed by atoms with Gasteiger partial charge in [-0.25, -0.2) is 0 Å². The maximum atomic E-state index is 11.3. The number of ether oxygens (including phenoxy) is 1. The first-order valence-electron chi connectivity index (χ1n) is 7.69. The minimum Gasteiger partial charge on any atom is -0.492 e. The molecule has 23 heavy (non-hydrogen) atoms. The molecule has 124 valence electrons. The van der Waals surface area contributed by atoms with E-state index in [9.17, 15) is 4.79 Å². The lowest BCUT2D eigenvalue weighted by molar-refractivity contribution is -0.116. The van der Waals surface area contributed by atoms with E-state index in [4.69, 9.17) is 10.5 Å². The van der Waals surface area contributed by atoms with Gasteiger partial charge in [0.1, 0.15) is 12.4 Å². The molecular weight excluding hydrogens is 292 g/mol. The molecule has 0 saturated heterocycles. The Balaban J connectivity index is 1.81. The average Bonchev–Trinajstić information content (AvgIpc) is 2.54.